The van der Waals surface area contributed by atoms with Crippen LogP contribution in [0, 0.1) is 0 Å². The van der Waals surface area contributed by atoms with Gasteiger partial charge in [0.05, 0.1) is 15.7 Å². The maximum absolute atomic E-state index is 12.0. The van der Waals surface area contributed by atoms with Gasteiger partial charge in [-0.05, 0) is 18.6 Å². The zero-order valence-electron chi connectivity index (χ0n) is 11.7. The summed E-state index contributed by atoms with van der Waals surface area (Å²) < 4.78 is 0. The Labute approximate surface area is 137 Å². The number of anilines is 1. The van der Waals surface area contributed by atoms with E-state index in [1.807, 2.05) is 0 Å². The van der Waals surface area contributed by atoms with Crippen LogP contribution in [-0.2, 0) is 9.59 Å². The quantitative estimate of drug-likeness (QED) is 0.484. The monoisotopic (exact) mass is 343 g/mol. The van der Waals surface area contributed by atoms with Crippen LogP contribution in [0.25, 0.3) is 0 Å². The van der Waals surface area contributed by atoms with Gasteiger partial charge in [0.1, 0.15) is 0 Å². The summed E-state index contributed by atoms with van der Waals surface area (Å²) in [6.45, 7) is 0.636. The molecule has 1 aliphatic heterocycles. The molecule has 1 heterocycles. The van der Waals surface area contributed by atoms with Crippen LogP contribution in [0.2, 0.25) is 10.0 Å². The lowest BCUT2D eigenvalue weighted by molar-refractivity contribution is -0.138. The summed E-state index contributed by atoms with van der Waals surface area (Å²) in [5.74, 6) is -0.662. The van der Waals surface area contributed by atoms with Gasteiger partial charge in [0.2, 0.25) is 11.8 Å². The highest BCUT2D eigenvalue weighted by molar-refractivity contribution is 6.39. The Morgan fingerprint density at radius 3 is 2.27 bits per heavy atom. The summed E-state index contributed by atoms with van der Waals surface area (Å²) in [5.41, 5.74) is 6.13. The van der Waals surface area contributed by atoms with E-state index in [0.717, 1.165) is 0 Å². The molecule has 0 aliphatic carbocycles. The van der Waals surface area contributed by atoms with Crippen molar-refractivity contribution in [3.05, 3.63) is 27.7 Å². The Kier molecular flexibility index (Phi) is 5.26. The van der Waals surface area contributed by atoms with Crippen LogP contribution >= 0.6 is 23.2 Å². The number of nitrogens with zero attached hydrogens (tertiary/aromatic N) is 1. The van der Waals surface area contributed by atoms with Gasteiger partial charge in [-0.1, -0.05) is 23.2 Å². The molecule has 0 aromatic heterocycles. The molecule has 2 rings (SSSR count). The minimum atomic E-state index is -0.345. The topological polar surface area (TPSA) is 92.5 Å². The van der Waals surface area contributed by atoms with Crippen LogP contribution in [0.5, 0.6) is 0 Å². The van der Waals surface area contributed by atoms with E-state index < -0.39 is 0 Å². The number of hydrogen-bond acceptors (Lipinski definition) is 4. The van der Waals surface area contributed by atoms with Gasteiger partial charge >= 0.3 is 0 Å². The van der Waals surface area contributed by atoms with Crippen LogP contribution in [0.15, 0.2) is 12.1 Å². The van der Waals surface area contributed by atoms with E-state index in [-0.39, 0.29) is 46.3 Å². The fourth-order valence-corrected chi connectivity index (χ4v) is 2.62. The van der Waals surface area contributed by atoms with Crippen molar-refractivity contribution in [2.24, 2.45) is 0 Å². The van der Waals surface area contributed by atoms with Crippen molar-refractivity contribution in [1.82, 2.24) is 10.2 Å². The molecule has 0 atom stereocenters. The summed E-state index contributed by atoms with van der Waals surface area (Å²) in [5, 5.41) is 3.11. The fraction of sp³-hybridized carbons (Fsp3) is 0.357. The summed E-state index contributed by atoms with van der Waals surface area (Å²) in [6, 6.07) is 2.87. The van der Waals surface area contributed by atoms with Gasteiger partial charge in [-0.15, -0.1) is 0 Å². The van der Waals surface area contributed by atoms with Crippen LogP contribution in [0.3, 0.4) is 0 Å². The average molecular weight is 344 g/mol. The highest BCUT2D eigenvalue weighted by Crippen LogP contribution is 2.28. The Balaban J connectivity index is 1.83. The number of carbonyl (C=O) groups excluding carboxylic acids is 3. The minimum Gasteiger partial charge on any atom is -0.396 e. The number of hydrogen-bond donors (Lipinski definition) is 2. The summed E-state index contributed by atoms with van der Waals surface area (Å²) in [6.07, 6.45) is 1.03. The number of rotatable bonds is 5. The Hall–Kier alpha value is -1.79. The largest absolute Gasteiger partial charge is 0.396 e. The summed E-state index contributed by atoms with van der Waals surface area (Å²) in [4.78, 5) is 36.0. The van der Waals surface area contributed by atoms with Gasteiger partial charge in [0, 0.05) is 31.5 Å². The molecule has 0 radical (unpaired) electrons. The lowest BCUT2D eigenvalue weighted by Crippen LogP contribution is -2.33. The molecule has 3 N–H and O–H groups in total. The number of benzene rings is 1. The van der Waals surface area contributed by atoms with Gasteiger partial charge in [-0.2, -0.15) is 0 Å². The van der Waals surface area contributed by atoms with Crippen LogP contribution in [0.1, 0.15) is 29.6 Å². The van der Waals surface area contributed by atoms with Crippen LogP contribution in [0.4, 0.5) is 5.69 Å². The molecule has 1 saturated heterocycles. The van der Waals surface area contributed by atoms with E-state index in [2.05, 4.69) is 5.32 Å². The second-order valence-corrected chi connectivity index (χ2v) is 5.72. The number of imide groups is 1. The van der Waals surface area contributed by atoms with E-state index in [4.69, 9.17) is 28.9 Å². The van der Waals surface area contributed by atoms with Crippen molar-refractivity contribution in [3.63, 3.8) is 0 Å². The molecule has 0 saturated carbocycles. The zero-order valence-corrected chi connectivity index (χ0v) is 13.2. The zero-order chi connectivity index (χ0) is 16.3. The van der Waals surface area contributed by atoms with E-state index in [1.165, 1.54) is 17.0 Å². The predicted octanol–water partition coefficient (Wildman–Crippen LogP) is 1.84. The Bertz CT molecular complexity index is 595. The lowest BCUT2D eigenvalue weighted by Gasteiger charge is -2.13. The molecule has 0 bridgehead atoms. The highest BCUT2D eigenvalue weighted by atomic mass is 35.5. The van der Waals surface area contributed by atoms with Gasteiger partial charge in [0.15, 0.2) is 0 Å². The molecule has 8 heteroatoms. The number of halogens is 2. The Morgan fingerprint density at radius 2 is 1.73 bits per heavy atom. The van der Waals surface area contributed by atoms with E-state index in [1.54, 1.807) is 0 Å². The average Bonchev–Trinajstić information content (AvgIpc) is 2.79. The highest BCUT2D eigenvalue weighted by Gasteiger charge is 2.27. The Morgan fingerprint density at radius 1 is 1.18 bits per heavy atom. The summed E-state index contributed by atoms with van der Waals surface area (Å²) in [7, 11) is 0. The SMILES string of the molecule is Nc1c(Cl)cc(C(=O)NCCCN2C(=O)CCC2=O)cc1Cl. The molecule has 22 heavy (non-hydrogen) atoms. The number of amides is 3. The molecule has 0 spiro atoms. The van der Waals surface area contributed by atoms with Crippen molar-refractivity contribution in [1.29, 1.82) is 0 Å². The van der Waals surface area contributed by atoms with Crippen molar-refractivity contribution in [2.45, 2.75) is 19.3 Å². The van der Waals surface area contributed by atoms with E-state index >= 15 is 0 Å². The van der Waals surface area contributed by atoms with Crippen LogP contribution < -0.4 is 11.1 Å². The molecular weight excluding hydrogens is 329 g/mol. The van der Waals surface area contributed by atoms with Crippen molar-refractivity contribution < 1.29 is 14.4 Å². The molecule has 1 aromatic carbocycles. The number of nitrogens with two attached hydrogens (primary N) is 1. The molecule has 0 unspecified atom stereocenters. The number of nitrogen functional groups attached to an aromatic ring is 1. The maximum atomic E-state index is 12.0. The molecule has 1 fully saturated rings. The smallest absolute Gasteiger partial charge is 0.251 e. The van der Waals surface area contributed by atoms with Gasteiger partial charge in [-0.3, -0.25) is 19.3 Å². The fourth-order valence-electron chi connectivity index (χ4n) is 2.13. The molecule has 1 aromatic rings. The molecule has 3 amide bonds. The third-order valence-electron chi connectivity index (χ3n) is 3.34. The first-order chi connectivity index (χ1) is 10.4. The first-order valence-corrected chi connectivity index (χ1v) is 7.51. The van der Waals surface area contributed by atoms with Crippen LogP contribution in [-0.4, -0.2) is 35.7 Å². The minimum absolute atomic E-state index is 0.159. The van der Waals surface area contributed by atoms with Crippen molar-refractivity contribution in [2.75, 3.05) is 18.8 Å². The normalized spacial score (nSPS) is 14.5. The van der Waals surface area contributed by atoms with Gasteiger partial charge in [-0.25, -0.2) is 0 Å². The van der Waals surface area contributed by atoms with Crippen molar-refractivity contribution >= 4 is 46.6 Å². The standard InChI is InChI=1S/C14H15Cl2N3O3/c15-9-6-8(7-10(16)13(9)17)14(22)18-4-1-5-19-11(20)2-3-12(19)21/h6-7H,1-5,17H2,(H,18,22). The number of nitrogens with one attached hydrogen (secondary N) is 1. The first kappa shape index (κ1) is 16.6. The second kappa shape index (κ2) is 6.98. The molecular formula is C14H15Cl2N3O3. The summed E-state index contributed by atoms with van der Waals surface area (Å²) >= 11 is 11.7. The third-order valence-corrected chi connectivity index (χ3v) is 3.97. The second-order valence-electron chi connectivity index (χ2n) is 4.90. The van der Waals surface area contributed by atoms with E-state index in [0.29, 0.717) is 25.1 Å². The molecule has 1 aliphatic rings. The maximum Gasteiger partial charge on any atom is 0.251 e. The molecule has 6 nitrogen and oxygen atoms in total. The predicted molar refractivity (Wildman–Crippen MR) is 83.8 cm³/mol. The lowest BCUT2D eigenvalue weighted by atomic mass is 10.2. The molecule has 118 valence electrons. The van der Waals surface area contributed by atoms with Gasteiger partial charge < -0.3 is 11.1 Å². The van der Waals surface area contributed by atoms with E-state index in [9.17, 15) is 14.4 Å². The number of likely N-dealkylation sites (tertiary alicyclic amines) is 1. The third kappa shape index (κ3) is 3.69. The van der Waals surface area contributed by atoms with Gasteiger partial charge in [0.25, 0.3) is 5.91 Å². The van der Waals surface area contributed by atoms with Crippen molar-refractivity contribution in [3.8, 4) is 0 Å². The first-order valence-electron chi connectivity index (χ1n) is 6.76. The number of carbonyl (C=O) groups is 3.